The van der Waals surface area contributed by atoms with Crippen LogP contribution in [0, 0.1) is 56.7 Å². The normalized spacial score (nSPS) is 47.0. The molecule has 0 unspecified atom stereocenters. The van der Waals surface area contributed by atoms with E-state index in [4.69, 9.17) is 9.57 Å². The molecule has 0 radical (unpaired) electrons. The highest BCUT2D eigenvalue weighted by molar-refractivity contribution is 6.01. The van der Waals surface area contributed by atoms with Crippen molar-refractivity contribution in [1.29, 1.82) is 0 Å². The Morgan fingerprint density at radius 2 is 1.53 bits per heavy atom. The number of rotatable bonds is 3. The zero-order chi connectivity index (χ0) is 31.3. The van der Waals surface area contributed by atoms with Crippen molar-refractivity contribution in [3.8, 4) is 0 Å². The summed E-state index contributed by atoms with van der Waals surface area (Å²) in [4.78, 5) is 56.7. The van der Waals surface area contributed by atoms with Crippen LogP contribution >= 0.6 is 0 Å². The minimum Gasteiger partial charge on any atom is -0.462 e. The van der Waals surface area contributed by atoms with Crippen LogP contribution in [-0.4, -0.2) is 34.9 Å². The van der Waals surface area contributed by atoms with Gasteiger partial charge in [-0.3, -0.25) is 14.4 Å². The second-order valence-electron chi connectivity index (χ2n) is 16.7. The van der Waals surface area contributed by atoms with Crippen LogP contribution < -0.4 is 0 Å². The highest BCUT2D eigenvalue weighted by Crippen LogP contribution is 2.76. The Morgan fingerprint density at radius 1 is 0.860 bits per heavy atom. The summed E-state index contributed by atoms with van der Waals surface area (Å²) in [6.07, 6.45) is 11.2. The monoisotopic (exact) mass is 595 g/mol. The third-order valence-corrected chi connectivity index (χ3v) is 14.8. The molecule has 1 saturated heterocycles. The number of carbonyl (C=O) groups excluding carboxylic acids is 4. The van der Waals surface area contributed by atoms with Crippen LogP contribution in [0.3, 0.4) is 0 Å². The zero-order valence-corrected chi connectivity index (χ0v) is 27.7. The van der Waals surface area contributed by atoms with Crippen molar-refractivity contribution in [2.24, 2.45) is 56.7 Å². The molecule has 10 atom stereocenters. The Morgan fingerprint density at radius 3 is 2.19 bits per heavy atom. The van der Waals surface area contributed by atoms with Gasteiger partial charge in [-0.25, -0.2) is 4.79 Å². The third-order valence-electron chi connectivity index (χ3n) is 14.8. The number of hydrogen-bond donors (Lipinski definition) is 0. The first-order chi connectivity index (χ1) is 20.0. The summed E-state index contributed by atoms with van der Waals surface area (Å²) in [7, 11) is 0. The number of nitrogens with zero attached hydrogens (tertiary/aromatic N) is 1. The van der Waals surface area contributed by atoms with E-state index in [1.54, 1.807) is 0 Å². The average molecular weight is 596 g/mol. The molecule has 0 aromatic carbocycles. The fourth-order valence-electron chi connectivity index (χ4n) is 12.1. The molecule has 6 aliphatic rings. The molecule has 0 N–H and O–H groups in total. The fourth-order valence-corrected chi connectivity index (χ4v) is 12.1. The van der Waals surface area contributed by atoms with Gasteiger partial charge in [0, 0.05) is 25.2 Å². The Balaban J connectivity index is 1.37. The van der Waals surface area contributed by atoms with Crippen molar-refractivity contribution in [3.63, 3.8) is 0 Å². The Kier molecular flexibility index (Phi) is 7.10. The molecular weight excluding hydrogens is 542 g/mol. The topological polar surface area (TPSA) is 90.0 Å². The lowest BCUT2D eigenvalue weighted by atomic mass is 9.33. The van der Waals surface area contributed by atoms with Crippen molar-refractivity contribution >= 4 is 23.8 Å². The molecule has 1 aliphatic heterocycles. The van der Waals surface area contributed by atoms with Crippen LogP contribution in [-0.2, 0) is 28.8 Å². The number of imide groups is 1. The molecular formula is C36H53NO6. The minimum atomic E-state index is -0.713. The zero-order valence-electron chi connectivity index (χ0n) is 27.7. The van der Waals surface area contributed by atoms with Crippen LogP contribution in [0.25, 0.3) is 0 Å². The van der Waals surface area contributed by atoms with Crippen molar-refractivity contribution in [1.82, 2.24) is 5.06 Å². The van der Waals surface area contributed by atoms with Crippen LogP contribution in [0.4, 0.5) is 0 Å². The Hall–Kier alpha value is -2.18. The first kappa shape index (κ1) is 30.8. The number of esters is 1. The molecule has 0 aromatic rings. The molecule has 6 rings (SSSR count). The quantitative estimate of drug-likeness (QED) is 0.195. The number of hydroxylamine groups is 2. The van der Waals surface area contributed by atoms with E-state index >= 15 is 0 Å². The summed E-state index contributed by atoms with van der Waals surface area (Å²) in [5.41, 5.74) is 0.780. The summed E-state index contributed by atoms with van der Waals surface area (Å²) < 4.78 is 5.90. The number of hydrogen-bond acceptors (Lipinski definition) is 6. The average Bonchev–Trinajstić information content (AvgIpc) is 3.24. The maximum atomic E-state index is 14.2. The predicted octanol–water partition coefficient (Wildman–Crippen LogP) is 7.18. The van der Waals surface area contributed by atoms with Crippen molar-refractivity contribution < 1.29 is 28.8 Å². The standard InChI is InChI=1S/C36H53NO6/c1-21-13-18-36(31(41)43-37-28(39)11-12-29(37)40)20-19-34(7)24(30(36)22(21)2)9-10-26-33(6)16-15-27(42-23(3)38)32(4,5)25(33)14-17-35(26,34)8/h9,21-22,25-27,30H,10-20H2,1-8H3/t21-,22+,25+,26-,27+,30+,33+,34-,35-,36+/m1/s1. The molecule has 4 saturated carbocycles. The van der Waals surface area contributed by atoms with Gasteiger partial charge in [0.1, 0.15) is 6.10 Å². The number of allylic oxidation sites excluding steroid dienone is 2. The van der Waals surface area contributed by atoms with Gasteiger partial charge in [-0.15, -0.1) is 5.06 Å². The van der Waals surface area contributed by atoms with E-state index in [1.807, 2.05) is 0 Å². The number of fused-ring (bicyclic) bond motifs is 7. The van der Waals surface area contributed by atoms with E-state index < -0.39 is 17.2 Å². The third kappa shape index (κ3) is 4.10. The maximum absolute atomic E-state index is 14.2. The van der Waals surface area contributed by atoms with Gasteiger partial charge >= 0.3 is 11.9 Å². The summed E-state index contributed by atoms with van der Waals surface area (Å²) in [6, 6.07) is 0. The smallest absolute Gasteiger partial charge is 0.339 e. The summed E-state index contributed by atoms with van der Waals surface area (Å²) >= 11 is 0. The van der Waals surface area contributed by atoms with Crippen molar-refractivity contribution in [2.45, 2.75) is 132 Å². The summed E-state index contributed by atoms with van der Waals surface area (Å²) in [5.74, 6) is 0.394. The van der Waals surface area contributed by atoms with Gasteiger partial charge in [0.15, 0.2) is 0 Å². The van der Waals surface area contributed by atoms with Gasteiger partial charge in [-0.05, 0) is 104 Å². The highest BCUT2D eigenvalue weighted by Gasteiger charge is 2.70. The highest BCUT2D eigenvalue weighted by atomic mass is 16.7. The molecule has 7 heteroatoms. The number of amides is 2. The lowest BCUT2D eigenvalue weighted by Gasteiger charge is -2.71. The largest absolute Gasteiger partial charge is 0.462 e. The van der Waals surface area contributed by atoms with E-state index in [0.717, 1.165) is 62.9 Å². The molecule has 43 heavy (non-hydrogen) atoms. The first-order valence-corrected chi connectivity index (χ1v) is 17.0. The number of ether oxygens (including phenoxy) is 1. The molecule has 0 spiro atoms. The summed E-state index contributed by atoms with van der Waals surface area (Å²) in [5, 5.41) is 0.757. The van der Waals surface area contributed by atoms with Gasteiger partial charge in [-0.2, -0.15) is 0 Å². The lowest BCUT2D eigenvalue weighted by molar-refractivity contribution is -0.223. The molecule has 1 heterocycles. The molecule has 0 bridgehead atoms. The Labute approximate surface area is 257 Å². The van der Waals surface area contributed by atoms with Crippen LogP contribution in [0.5, 0.6) is 0 Å². The predicted molar refractivity (Wildman–Crippen MR) is 162 cm³/mol. The van der Waals surface area contributed by atoms with Crippen molar-refractivity contribution in [2.75, 3.05) is 0 Å². The van der Waals surface area contributed by atoms with Gasteiger partial charge in [0.05, 0.1) is 5.41 Å². The van der Waals surface area contributed by atoms with E-state index in [9.17, 15) is 19.2 Å². The molecule has 5 aliphatic carbocycles. The molecule has 2 amide bonds. The maximum Gasteiger partial charge on any atom is 0.339 e. The van der Waals surface area contributed by atoms with Gasteiger partial charge in [0.25, 0.3) is 11.8 Å². The van der Waals surface area contributed by atoms with Gasteiger partial charge in [-0.1, -0.05) is 60.1 Å². The molecule has 7 nitrogen and oxygen atoms in total. The van der Waals surface area contributed by atoms with Gasteiger partial charge in [0.2, 0.25) is 0 Å². The SMILES string of the molecule is CC(=O)O[C@H]1CC[C@]2(C)[C@H]3CC=C4[C@@H]5[C@@H](C)[C@H](C)CC[C@]5(C(=O)ON5C(=O)CCC5=O)CC[C@@]4(C)[C@]3(C)CC[C@H]2C1(C)C. The van der Waals surface area contributed by atoms with E-state index in [0.29, 0.717) is 23.7 Å². The second kappa shape index (κ2) is 9.91. The first-order valence-electron chi connectivity index (χ1n) is 17.0. The fraction of sp³-hybridized carbons (Fsp3) is 0.833. The van der Waals surface area contributed by atoms with E-state index in [1.165, 1.54) is 12.5 Å². The lowest BCUT2D eigenvalue weighted by Crippen LogP contribution is -2.65. The molecule has 5 fully saturated rings. The minimum absolute atomic E-state index is 0.0368. The summed E-state index contributed by atoms with van der Waals surface area (Å²) in [6.45, 7) is 18.3. The van der Waals surface area contributed by atoms with E-state index in [2.05, 4.69) is 54.5 Å². The van der Waals surface area contributed by atoms with Gasteiger partial charge < -0.3 is 9.57 Å². The number of carbonyl (C=O) groups is 4. The van der Waals surface area contributed by atoms with Crippen LogP contribution in [0.1, 0.15) is 126 Å². The Bertz CT molecular complexity index is 1250. The van der Waals surface area contributed by atoms with Crippen LogP contribution in [0.2, 0.25) is 0 Å². The van der Waals surface area contributed by atoms with E-state index in [-0.39, 0.29) is 58.5 Å². The second-order valence-corrected chi connectivity index (χ2v) is 16.7. The van der Waals surface area contributed by atoms with Crippen molar-refractivity contribution in [3.05, 3.63) is 11.6 Å². The molecule has 238 valence electrons. The van der Waals surface area contributed by atoms with Crippen LogP contribution in [0.15, 0.2) is 11.6 Å². The molecule has 0 aromatic heterocycles.